The number of aromatic nitrogens is 3. The van der Waals surface area contributed by atoms with E-state index in [-0.39, 0.29) is 5.41 Å². The molecule has 0 aliphatic heterocycles. The Hall–Kier alpha value is -1.93. The summed E-state index contributed by atoms with van der Waals surface area (Å²) in [6.45, 7) is 2.38. The van der Waals surface area contributed by atoms with Crippen LogP contribution in [0.2, 0.25) is 0 Å². The third kappa shape index (κ3) is 2.04. The second-order valence-electron chi connectivity index (χ2n) is 7.65. The summed E-state index contributed by atoms with van der Waals surface area (Å²) in [5.74, 6) is 1.57. The zero-order valence-corrected chi connectivity index (χ0v) is 15.7. The molecule has 0 amide bonds. The molecular formula is C20H22N3OP. The molecule has 5 rings (SSSR count). The number of benzene rings is 1. The highest BCUT2D eigenvalue weighted by Gasteiger charge is 2.51. The molecule has 128 valence electrons. The third-order valence-corrected chi connectivity index (χ3v) is 6.99. The van der Waals surface area contributed by atoms with Crippen LogP contribution in [-0.4, -0.2) is 14.9 Å². The van der Waals surface area contributed by atoms with E-state index in [1.165, 1.54) is 28.1 Å². The first-order valence-corrected chi connectivity index (χ1v) is 9.57. The van der Waals surface area contributed by atoms with Gasteiger partial charge in [0.25, 0.3) is 0 Å². The molecule has 0 saturated carbocycles. The first-order valence-electron chi connectivity index (χ1n) is 8.90. The molecule has 2 heterocycles. The van der Waals surface area contributed by atoms with E-state index in [4.69, 9.17) is 9.62 Å². The lowest BCUT2D eigenvalue weighted by molar-refractivity contribution is 0.202. The summed E-state index contributed by atoms with van der Waals surface area (Å²) in [5.41, 5.74) is 6.79. The summed E-state index contributed by atoms with van der Waals surface area (Å²) in [6.07, 6.45) is 5.08. The van der Waals surface area contributed by atoms with Crippen molar-refractivity contribution in [1.29, 1.82) is 0 Å². The van der Waals surface area contributed by atoms with E-state index in [1.54, 1.807) is 0 Å². The van der Waals surface area contributed by atoms with Gasteiger partial charge in [-0.15, -0.1) is 9.24 Å². The quantitative estimate of drug-likeness (QED) is 0.621. The summed E-state index contributed by atoms with van der Waals surface area (Å²) < 4.78 is 7.63. The van der Waals surface area contributed by atoms with Gasteiger partial charge in [-0.1, -0.05) is 42.4 Å². The highest BCUT2D eigenvalue weighted by molar-refractivity contribution is 7.17. The predicted molar refractivity (Wildman–Crippen MR) is 100 cm³/mol. The molecule has 3 aromatic rings. The number of nitrogens with zero attached hydrogens (tertiary/aromatic N) is 3. The van der Waals surface area contributed by atoms with Gasteiger partial charge in [-0.05, 0) is 25.2 Å². The Morgan fingerprint density at radius 1 is 1.28 bits per heavy atom. The number of fused-ring (bicyclic) bond motifs is 4. The summed E-state index contributed by atoms with van der Waals surface area (Å²) in [7, 11) is 5.08. The van der Waals surface area contributed by atoms with Crippen LogP contribution in [0.4, 0.5) is 0 Å². The van der Waals surface area contributed by atoms with Crippen molar-refractivity contribution in [2.75, 3.05) is 0 Å². The highest BCUT2D eigenvalue weighted by atomic mass is 31.0. The minimum absolute atomic E-state index is 0.0311. The zero-order valence-electron chi connectivity index (χ0n) is 14.6. The predicted octanol–water partition coefficient (Wildman–Crippen LogP) is 4.07. The van der Waals surface area contributed by atoms with Crippen LogP contribution < -0.4 is 0 Å². The van der Waals surface area contributed by atoms with Crippen LogP contribution in [0.1, 0.15) is 41.6 Å². The smallest absolute Gasteiger partial charge is 0.147 e. The van der Waals surface area contributed by atoms with Crippen molar-refractivity contribution in [1.82, 2.24) is 14.9 Å². The molecule has 0 bridgehead atoms. The molecule has 0 fully saturated rings. The van der Waals surface area contributed by atoms with E-state index >= 15 is 0 Å². The number of aryl methyl sites for hydroxylation is 1. The Morgan fingerprint density at radius 3 is 2.88 bits per heavy atom. The number of hydrogen-bond acceptors (Lipinski definition) is 3. The fraction of sp³-hybridized carbons (Fsp3) is 0.400. The van der Waals surface area contributed by atoms with Crippen LogP contribution >= 0.6 is 9.24 Å². The lowest BCUT2D eigenvalue weighted by Gasteiger charge is -2.46. The number of hydrogen-bond donors (Lipinski definition) is 0. The van der Waals surface area contributed by atoms with Crippen LogP contribution in [-0.2, 0) is 25.3 Å². The Balaban J connectivity index is 1.69. The van der Waals surface area contributed by atoms with Crippen molar-refractivity contribution in [3.05, 3.63) is 59.1 Å². The first-order chi connectivity index (χ1) is 12.1. The molecule has 2 aromatic heterocycles. The summed E-state index contributed by atoms with van der Waals surface area (Å²) in [5, 5.41) is 9.09. The van der Waals surface area contributed by atoms with E-state index in [0.717, 1.165) is 25.0 Å². The molecule has 2 aliphatic carbocycles. The Morgan fingerprint density at radius 2 is 2.08 bits per heavy atom. The molecule has 0 radical (unpaired) electrons. The average molecular weight is 351 g/mol. The van der Waals surface area contributed by atoms with Crippen LogP contribution in [0.5, 0.6) is 0 Å². The maximum Gasteiger partial charge on any atom is 0.147 e. The van der Waals surface area contributed by atoms with E-state index in [9.17, 15) is 0 Å². The van der Waals surface area contributed by atoms with Gasteiger partial charge in [0.1, 0.15) is 5.76 Å². The van der Waals surface area contributed by atoms with Crippen molar-refractivity contribution in [3.8, 4) is 11.3 Å². The first kappa shape index (κ1) is 15.3. The summed E-state index contributed by atoms with van der Waals surface area (Å²) in [4.78, 5) is 0. The molecule has 1 unspecified atom stereocenters. The van der Waals surface area contributed by atoms with Gasteiger partial charge in [-0.3, -0.25) is 4.68 Å². The van der Waals surface area contributed by atoms with Crippen molar-refractivity contribution in [2.24, 2.45) is 13.0 Å². The third-order valence-electron chi connectivity index (χ3n) is 6.23. The van der Waals surface area contributed by atoms with E-state index < -0.39 is 0 Å². The second-order valence-corrected chi connectivity index (χ2v) is 8.36. The van der Waals surface area contributed by atoms with Gasteiger partial charge < -0.3 is 4.52 Å². The van der Waals surface area contributed by atoms with Crippen LogP contribution in [0.15, 0.2) is 41.1 Å². The molecule has 0 N–H and O–H groups in total. The standard InChI is InChI=1S/C20H22N3OP/c1-20-10-13-11-21-24-17(13)18(25)15(20)9-8-14-16(23(2)22-19(14)20)12-6-4-3-5-7-12/h3-7,11,15,18H,8-10,25H2,1-2H3/t15-,18-,20-/m0/s1. The molecule has 5 heteroatoms. The van der Waals surface area contributed by atoms with Crippen LogP contribution in [0.3, 0.4) is 0 Å². The van der Waals surface area contributed by atoms with Gasteiger partial charge in [0.2, 0.25) is 0 Å². The molecule has 25 heavy (non-hydrogen) atoms. The topological polar surface area (TPSA) is 43.9 Å². The SMILES string of the molecule is Cn1nc2c(c1-c1ccccc1)CC[C@H]1[C@H](P)c3oncc3C[C@]21C. The second kappa shape index (κ2) is 5.28. The van der Waals surface area contributed by atoms with Crippen molar-refractivity contribution in [2.45, 2.75) is 37.3 Å². The zero-order chi connectivity index (χ0) is 17.2. The Kier molecular flexibility index (Phi) is 3.24. The van der Waals surface area contributed by atoms with Gasteiger partial charge in [-0.25, -0.2) is 0 Å². The largest absolute Gasteiger partial charge is 0.360 e. The van der Waals surface area contributed by atoms with Gasteiger partial charge in [-0.2, -0.15) is 5.10 Å². The highest BCUT2D eigenvalue weighted by Crippen LogP contribution is 2.56. The van der Waals surface area contributed by atoms with Crippen LogP contribution in [0, 0.1) is 5.92 Å². The van der Waals surface area contributed by atoms with Gasteiger partial charge in [0, 0.05) is 34.8 Å². The van der Waals surface area contributed by atoms with E-state index in [1.807, 2.05) is 6.20 Å². The van der Waals surface area contributed by atoms with Crippen LogP contribution in [0.25, 0.3) is 11.3 Å². The van der Waals surface area contributed by atoms with E-state index in [0.29, 0.717) is 11.6 Å². The summed E-state index contributed by atoms with van der Waals surface area (Å²) >= 11 is 0. The molecule has 4 atom stereocenters. The maximum atomic E-state index is 5.55. The normalized spacial score (nSPS) is 27.5. The molecule has 2 aliphatic rings. The molecule has 4 nitrogen and oxygen atoms in total. The lowest BCUT2D eigenvalue weighted by Crippen LogP contribution is -2.43. The van der Waals surface area contributed by atoms with Gasteiger partial charge in [0.05, 0.1) is 17.6 Å². The summed E-state index contributed by atoms with van der Waals surface area (Å²) in [6, 6.07) is 10.6. The average Bonchev–Trinajstić information content (AvgIpc) is 3.20. The molecular weight excluding hydrogens is 329 g/mol. The Labute approximate surface area is 149 Å². The maximum absolute atomic E-state index is 5.55. The van der Waals surface area contributed by atoms with Gasteiger partial charge >= 0.3 is 0 Å². The van der Waals surface area contributed by atoms with Crippen molar-refractivity contribution < 1.29 is 4.52 Å². The number of rotatable bonds is 1. The van der Waals surface area contributed by atoms with Gasteiger partial charge in [0.15, 0.2) is 0 Å². The lowest BCUT2D eigenvalue weighted by atomic mass is 9.59. The fourth-order valence-corrected chi connectivity index (χ4v) is 5.95. The minimum Gasteiger partial charge on any atom is -0.360 e. The molecule has 1 aromatic carbocycles. The van der Waals surface area contributed by atoms with Crippen molar-refractivity contribution >= 4 is 9.24 Å². The van der Waals surface area contributed by atoms with E-state index in [2.05, 4.69) is 63.4 Å². The molecule has 0 saturated heterocycles. The Bertz CT molecular complexity index is 945. The monoisotopic (exact) mass is 351 g/mol. The van der Waals surface area contributed by atoms with Crippen molar-refractivity contribution in [3.63, 3.8) is 0 Å². The minimum atomic E-state index is 0.0311. The fourth-order valence-electron chi connectivity index (χ4n) is 5.06. The molecule has 0 spiro atoms.